The van der Waals surface area contributed by atoms with Crippen LogP contribution >= 0.6 is 0 Å². The highest BCUT2D eigenvalue weighted by molar-refractivity contribution is 7.92. The lowest BCUT2D eigenvalue weighted by molar-refractivity contribution is 0.0224. The summed E-state index contributed by atoms with van der Waals surface area (Å²) in [4.78, 5) is 14.2. The topological polar surface area (TPSA) is 93.5 Å². The molecule has 1 aromatic heterocycles. The van der Waals surface area contributed by atoms with Crippen LogP contribution in [0.3, 0.4) is 0 Å². The molecule has 28 heavy (non-hydrogen) atoms. The number of carbonyl (C=O) groups excluding carboxylic acids is 1. The van der Waals surface area contributed by atoms with Gasteiger partial charge in [0.05, 0.1) is 17.1 Å². The van der Waals surface area contributed by atoms with Gasteiger partial charge in [-0.15, -0.1) is 0 Å². The molecule has 0 bridgehead atoms. The van der Waals surface area contributed by atoms with Crippen LogP contribution in [0.4, 0.5) is 10.6 Å². The van der Waals surface area contributed by atoms with E-state index in [1.54, 1.807) is 36.2 Å². The van der Waals surface area contributed by atoms with Gasteiger partial charge < -0.3 is 9.64 Å². The van der Waals surface area contributed by atoms with Crippen LogP contribution in [-0.4, -0.2) is 41.3 Å². The summed E-state index contributed by atoms with van der Waals surface area (Å²) in [6.07, 6.45) is 0.114. The van der Waals surface area contributed by atoms with Gasteiger partial charge in [0.25, 0.3) is 10.0 Å². The highest BCUT2D eigenvalue weighted by Gasteiger charge is 2.31. The Hall–Kier alpha value is -2.55. The molecule has 0 radical (unpaired) electrons. The van der Waals surface area contributed by atoms with Gasteiger partial charge in [0.1, 0.15) is 11.4 Å². The van der Waals surface area contributed by atoms with E-state index >= 15 is 0 Å². The first-order valence-corrected chi connectivity index (χ1v) is 10.6. The Morgan fingerprint density at radius 2 is 1.86 bits per heavy atom. The Kier molecular flexibility index (Phi) is 5.14. The number of fused-ring (bicyclic) bond motifs is 1. The first-order valence-electron chi connectivity index (χ1n) is 9.08. The summed E-state index contributed by atoms with van der Waals surface area (Å²) >= 11 is 0. The molecule has 0 aliphatic carbocycles. The maximum atomic E-state index is 12.8. The molecule has 0 atom stereocenters. The van der Waals surface area contributed by atoms with Crippen molar-refractivity contribution in [3.8, 4) is 0 Å². The van der Waals surface area contributed by atoms with Crippen LogP contribution in [0.15, 0.2) is 29.2 Å². The average molecular weight is 407 g/mol. The zero-order valence-electron chi connectivity index (χ0n) is 16.8. The fourth-order valence-electron chi connectivity index (χ4n) is 3.01. The molecule has 1 N–H and O–H groups in total. The lowest BCUT2D eigenvalue weighted by Crippen LogP contribution is -2.40. The first kappa shape index (κ1) is 20.2. The predicted octanol–water partition coefficient (Wildman–Crippen LogP) is 2.82. The minimum atomic E-state index is -3.77. The summed E-state index contributed by atoms with van der Waals surface area (Å²) in [6, 6.07) is 6.62. The van der Waals surface area contributed by atoms with Crippen molar-refractivity contribution in [3.63, 3.8) is 0 Å². The van der Waals surface area contributed by atoms with Crippen LogP contribution in [0.5, 0.6) is 0 Å². The molecule has 2 heterocycles. The summed E-state index contributed by atoms with van der Waals surface area (Å²) in [6.45, 7) is 8.04. The number of ether oxygens (including phenoxy) is 1. The number of rotatable bonds is 3. The quantitative estimate of drug-likeness (QED) is 0.846. The Morgan fingerprint density at radius 1 is 1.21 bits per heavy atom. The molecule has 0 unspecified atom stereocenters. The summed E-state index contributed by atoms with van der Waals surface area (Å²) < 4.78 is 35.2. The molecule has 9 heteroatoms. The van der Waals surface area contributed by atoms with E-state index in [9.17, 15) is 13.2 Å². The third-order valence-corrected chi connectivity index (χ3v) is 5.76. The SMILES string of the molecule is Cc1ccc(S(=O)(=O)Nc2c3c(nn2C)CCN(C(=O)OC(C)(C)C)C3)cc1. The number of carbonyl (C=O) groups is 1. The molecule has 0 fully saturated rings. The lowest BCUT2D eigenvalue weighted by atomic mass is 10.1. The van der Waals surface area contributed by atoms with Crippen LogP contribution in [0, 0.1) is 6.92 Å². The largest absolute Gasteiger partial charge is 0.444 e. The molecule has 0 spiro atoms. The molecule has 152 valence electrons. The molecule has 0 saturated heterocycles. The number of sulfonamides is 1. The highest BCUT2D eigenvalue weighted by Crippen LogP contribution is 2.28. The Labute approximate surface area is 165 Å². The fraction of sp³-hybridized carbons (Fsp3) is 0.474. The molecular weight excluding hydrogens is 380 g/mol. The van der Waals surface area contributed by atoms with Crippen LogP contribution in [-0.2, 0) is 34.8 Å². The van der Waals surface area contributed by atoms with Crippen molar-refractivity contribution in [2.75, 3.05) is 11.3 Å². The third kappa shape index (κ3) is 4.30. The molecule has 3 rings (SSSR count). The fourth-order valence-corrected chi connectivity index (χ4v) is 4.14. The van der Waals surface area contributed by atoms with Crippen molar-refractivity contribution in [1.29, 1.82) is 0 Å². The number of benzene rings is 1. The van der Waals surface area contributed by atoms with Crippen LogP contribution in [0.1, 0.15) is 37.6 Å². The molecule has 1 amide bonds. The van der Waals surface area contributed by atoms with Crippen LogP contribution in [0.25, 0.3) is 0 Å². The number of hydrogen-bond acceptors (Lipinski definition) is 5. The van der Waals surface area contributed by atoms with Crippen molar-refractivity contribution in [2.45, 2.75) is 51.2 Å². The van der Waals surface area contributed by atoms with Crippen molar-refractivity contribution < 1.29 is 17.9 Å². The monoisotopic (exact) mass is 406 g/mol. The van der Waals surface area contributed by atoms with E-state index in [1.807, 2.05) is 27.7 Å². The van der Waals surface area contributed by atoms with E-state index in [0.29, 0.717) is 24.3 Å². The van der Waals surface area contributed by atoms with E-state index in [2.05, 4.69) is 9.82 Å². The normalized spacial score (nSPS) is 14.5. The predicted molar refractivity (Wildman–Crippen MR) is 106 cm³/mol. The number of hydrogen-bond donors (Lipinski definition) is 1. The number of nitrogens with one attached hydrogen (secondary N) is 1. The van der Waals surface area contributed by atoms with Crippen molar-refractivity contribution in [1.82, 2.24) is 14.7 Å². The van der Waals surface area contributed by atoms with Gasteiger partial charge >= 0.3 is 6.09 Å². The van der Waals surface area contributed by atoms with Gasteiger partial charge in [0, 0.05) is 25.6 Å². The second-order valence-electron chi connectivity index (χ2n) is 7.97. The summed E-state index contributed by atoms with van der Waals surface area (Å²) in [5.41, 5.74) is 1.85. The average Bonchev–Trinajstić information content (AvgIpc) is 2.88. The number of aryl methyl sites for hydroxylation is 2. The van der Waals surface area contributed by atoms with E-state index in [1.165, 1.54) is 4.68 Å². The maximum absolute atomic E-state index is 12.8. The molecule has 1 aromatic carbocycles. The number of anilines is 1. The molecule has 2 aromatic rings. The number of nitrogens with zero attached hydrogens (tertiary/aromatic N) is 3. The van der Waals surface area contributed by atoms with E-state index in [-0.39, 0.29) is 11.4 Å². The zero-order valence-corrected chi connectivity index (χ0v) is 17.6. The lowest BCUT2D eigenvalue weighted by Gasteiger charge is -2.29. The van der Waals surface area contributed by atoms with Gasteiger partial charge in [0.2, 0.25) is 0 Å². The number of aromatic nitrogens is 2. The van der Waals surface area contributed by atoms with Gasteiger partial charge in [-0.1, -0.05) is 17.7 Å². The van der Waals surface area contributed by atoms with Crippen LogP contribution < -0.4 is 4.72 Å². The molecule has 1 aliphatic heterocycles. The first-order chi connectivity index (χ1) is 13.0. The molecular formula is C19H26N4O4S. The van der Waals surface area contributed by atoms with Gasteiger partial charge in [-0.2, -0.15) is 5.10 Å². The smallest absolute Gasteiger partial charge is 0.410 e. The van der Waals surface area contributed by atoms with E-state index in [4.69, 9.17) is 4.74 Å². The van der Waals surface area contributed by atoms with Crippen molar-refractivity contribution in [3.05, 3.63) is 41.1 Å². The summed E-state index contributed by atoms with van der Waals surface area (Å²) in [5, 5.41) is 4.42. The van der Waals surface area contributed by atoms with Gasteiger partial charge in [-0.25, -0.2) is 13.2 Å². The minimum Gasteiger partial charge on any atom is -0.444 e. The summed E-state index contributed by atoms with van der Waals surface area (Å²) in [7, 11) is -2.08. The van der Waals surface area contributed by atoms with E-state index in [0.717, 1.165) is 11.3 Å². The highest BCUT2D eigenvalue weighted by atomic mass is 32.2. The minimum absolute atomic E-state index is 0.174. The molecule has 1 aliphatic rings. The second-order valence-corrected chi connectivity index (χ2v) is 9.65. The number of amides is 1. The summed E-state index contributed by atoms with van der Waals surface area (Å²) in [5.74, 6) is 0.365. The zero-order chi connectivity index (χ0) is 20.7. The maximum Gasteiger partial charge on any atom is 0.410 e. The Bertz CT molecular complexity index is 988. The Morgan fingerprint density at radius 3 is 2.46 bits per heavy atom. The second kappa shape index (κ2) is 7.12. The third-order valence-electron chi connectivity index (χ3n) is 4.41. The van der Waals surface area contributed by atoms with Gasteiger partial charge in [-0.3, -0.25) is 9.40 Å². The van der Waals surface area contributed by atoms with Crippen molar-refractivity contribution >= 4 is 21.9 Å². The Balaban J connectivity index is 1.86. The van der Waals surface area contributed by atoms with Crippen molar-refractivity contribution in [2.24, 2.45) is 7.05 Å². The van der Waals surface area contributed by atoms with Gasteiger partial charge in [0.15, 0.2) is 0 Å². The molecule has 8 nitrogen and oxygen atoms in total. The molecule has 0 saturated carbocycles. The van der Waals surface area contributed by atoms with Crippen LogP contribution in [0.2, 0.25) is 0 Å². The standard InChI is InChI=1S/C19H26N4O4S/c1-13-6-8-14(9-7-13)28(25,26)21-17-15-12-23(18(24)27-19(2,3)4)11-10-16(15)20-22(17)5/h6-9,21H,10-12H2,1-5H3. The van der Waals surface area contributed by atoms with Gasteiger partial charge in [-0.05, 0) is 39.8 Å². The van der Waals surface area contributed by atoms with E-state index < -0.39 is 21.7 Å².